The Hall–Kier alpha value is -2.87. The molecule has 2 aliphatic rings. The van der Waals surface area contributed by atoms with Gasteiger partial charge in [-0.3, -0.25) is 0 Å². The molecule has 2 atom stereocenters. The molecular formula is C18H19NO7. The number of fused-ring (bicyclic) bond motifs is 1. The van der Waals surface area contributed by atoms with Crippen molar-refractivity contribution >= 4 is 17.9 Å². The van der Waals surface area contributed by atoms with E-state index >= 15 is 0 Å². The predicted octanol–water partition coefficient (Wildman–Crippen LogP) is 1.06. The zero-order valence-electron chi connectivity index (χ0n) is 14.7. The number of methoxy groups -OCH3 is 2. The number of carbonyl (C=O) groups excluding carboxylic acids is 3. The first-order chi connectivity index (χ1) is 12.5. The van der Waals surface area contributed by atoms with Crippen molar-refractivity contribution in [2.45, 2.75) is 24.9 Å². The van der Waals surface area contributed by atoms with E-state index in [1.165, 1.54) is 5.06 Å². The SMILES string of the molecule is COC(=O)C1=C(C(=O)OC)C2(c3ccccc3)C(=O)OCC[C@H](C)N2O1. The minimum atomic E-state index is -1.76. The number of benzene rings is 1. The molecule has 0 radical (unpaired) electrons. The lowest BCUT2D eigenvalue weighted by molar-refractivity contribution is -0.200. The highest BCUT2D eigenvalue weighted by atomic mass is 16.7. The van der Waals surface area contributed by atoms with Crippen molar-refractivity contribution in [1.29, 1.82) is 0 Å². The summed E-state index contributed by atoms with van der Waals surface area (Å²) in [6.45, 7) is 1.98. The summed E-state index contributed by atoms with van der Waals surface area (Å²) in [6.07, 6.45) is 0.462. The summed E-state index contributed by atoms with van der Waals surface area (Å²) in [6, 6.07) is 8.21. The van der Waals surface area contributed by atoms with Crippen molar-refractivity contribution in [3.63, 3.8) is 0 Å². The fraction of sp³-hybridized carbons (Fsp3) is 0.389. The van der Waals surface area contributed by atoms with Gasteiger partial charge in [0.1, 0.15) is 5.57 Å². The highest BCUT2D eigenvalue weighted by Gasteiger charge is 2.64. The van der Waals surface area contributed by atoms with Crippen LogP contribution in [-0.2, 0) is 39.0 Å². The van der Waals surface area contributed by atoms with Crippen LogP contribution in [0.5, 0.6) is 0 Å². The summed E-state index contributed by atoms with van der Waals surface area (Å²) < 4.78 is 15.0. The van der Waals surface area contributed by atoms with Crippen LogP contribution in [0.25, 0.3) is 0 Å². The van der Waals surface area contributed by atoms with Crippen LogP contribution in [0.2, 0.25) is 0 Å². The minimum Gasteiger partial charge on any atom is -0.465 e. The maximum absolute atomic E-state index is 13.1. The molecule has 1 aromatic carbocycles. The molecular weight excluding hydrogens is 342 g/mol. The Morgan fingerprint density at radius 2 is 1.81 bits per heavy atom. The second-order valence-corrected chi connectivity index (χ2v) is 5.95. The van der Waals surface area contributed by atoms with Gasteiger partial charge in [0.25, 0.3) is 0 Å². The summed E-state index contributed by atoms with van der Waals surface area (Å²) in [5.74, 6) is -2.85. The van der Waals surface area contributed by atoms with E-state index in [0.29, 0.717) is 12.0 Å². The molecule has 0 amide bonds. The zero-order chi connectivity index (χ0) is 18.9. The van der Waals surface area contributed by atoms with Crippen molar-refractivity contribution in [2.24, 2.45) is 0 Å². The monoisotopic (exact) mass is 361 g/mol. The predicted molar refractivity (Wildman–Crippen MR) is 87.1 cm³/mol. The molecule has 0 bridgehead atoms. The number of hydrogen-bond donors (Lipinski definition) is 0. The summed E-state index contributed by atoms with van der Waals surface area (Å²) in [7, 11) is 2.32. The van der Waals surface area contributed by atoms with Crippen LogP contribution in [0.1, 0.15) is 18.9 Å². The second-order valence-electron chi connectivity index (χ2n) is 5.95. The molecule has 8 heteroatoms. The Kier molecular flexibility index (Phi) is 4.69. The van der Waals surface area contributed by atoms with Gasteiger partial charge in [-0.15, -0.1) is 5.06 Å². The minimum absolute atomic E-state index is 0.163. The molecule has 0 saturated carbocycles. The first-order valence-electron chi connectivity index (χ1n) is 8.09. The van der Waals surface area contributed by atoms with Crippen LogP contribution >= 0.6 is 0 Å². The molecule has 0 N–H and O–H groups in total. The van der Waals surface area contributed by atoms with Gasteiger partial charge in [-0.2, -0.15) is 0 Å². The van der Waals surface area contributed by atoms with Crippen molar-refractivity contribution in [1.82, 2.24) is 5.06 Å². The Morgan fingerprint density at radius 3 is 2.42 bits per heavy atom. The molecule has 0 aromatic heterocycles. The quantitative estimate of drug-likeness (QED) is 0.583. The highest BCUT2D eigenvalue weighted by Crippen LogP contribution is 2.48. The number of ether oxygens (including phenoxy) is 3. The van der Waals surface area contributed by atoms with Crippen molar-refractivity contribution < 1.29 is 33.4 Å². The van der Waals surface area contributed by atoms with E-state index in [2.05, 4.69) is 0 Å². The van der Waals surface area contributed by atoms with Gasteiger partial charge < -0.3 is 19.0 Å². The number of hydrogen-bond acceptors (Lipinski definition) is 8. The van der Waals surface area contributed by atoms with Gasteiger partial charge >= 0.3 is 17.9 Å². The number of carbonyl (C=O) groups is 3. The normalized spacial score (nSPS) is 25.7. The van der Waals surface area contributed by atoms with Crippen LogP contribution in [0, 0.1) is 0 Å². The third-order valence-electron chi connectivity index (χ3n) is 4.53. The molecule has 0 aliphatic carbocycles. The van der Waals surface area contributed by atoms with E-state index in [4.69, 9.17) is 19.0 Å². The van der Waals surface area contributed by atoms with Gasteiger partial charge in [0, 0.05) is 12.5 Å². The van der Waals surface area contributed by atoms with Crippen LogP contribution in [0.4, 0.5) is 0 Å². The lowest BCUT2D eigenvalue weighted by atomic mass is 9.81. The largest absolute Gasteiger partial charge is 0.465 e. The van der Waals surface area contributed by atoms with E-state index in [0.717, 1.165) is 14.2 Å². The van der Waals surface area contributed by atoms with Gasteiger partial charge in [-0.05, 0) is 12.5 Å². The zero-order valence-corrected chi connectivity index (χ0v) is 14.7. The first-order valence-corrected chi connectivity index (χ1v) is 8.09. The maximum atomic E-state index is 13.1. The van der Waals surface area contributed by atoms with Crippen LogP contribution < -0.4 is 0 Å². The maximum Gasteiger partial charge on any atom is 0.376 e. The van der Waals surface area contributed by atoms with Gasteiger partial charge in [-0.1, -0.05) is 30.3 Å². The molecule has 26 heavy (non-hydrogen) atoms. The van der Waals surface area contributed by atoms with Crippen LogP contribution in [0.3, 0.4) is 0 Å². The molecule has 3 rings (SSSR count). The van der Waals surface area contributed by atoms with E-state index in [-0.39, 0.29) is 24.0 Å². The fourth-order valence-electron chi connectivity index (χ4n) is 3.29. The smallest absolute Gasteiger partial charge is 0.376 e. The number of esters is 3. The molecule has 1 saturated heterocycles. The molecule has 1 unspecified atom stereocenters. The van der Waals surface area contributed by atoms with Crippen molar-refractivity contribution in [3.05, 3.63) is 47.2 Å². The van der Waals surface area contributed by atoms with Crippen LogP contribution in [0.15, 0.2) is 41.7 Å². The van der Waals surface area contributed by atoms with Gasteiger partial charge in [0.2, 0.25) is 11.3 Å². The fourth-order valence-corrected chi connectivity index (χ4v) is 3.29. The molecule has 1 aromatic rings. The molecule has 138 valence electrons. The number of hydroxylamine groups is 2. The number of rotatable bonds is 3. The summed E-state index contributed by atoms with van der Waals surface area (Å²) in [4.78, 5) is 43.7. The Bertz CT molecular complexity index is 773. The van der Waals surface area contributed by atoms with Gasteiger partial charge in [0.15, 0.2) is 0 Å². The average Bonchev–Trinajstić information content (AvgIpc) is 2.98. The third kappa shape index (κ3) is 2.45. The highest BCUT2D eigenvalue weighted by molar-refractivity contribution is 6.08. The van der Waals surface area contributed by atoms with E-state index in [1.54, 1.807) is 30.3 Å². The molecule has 2 aliphatic heterocycles. The van der Waals surface area contributed by atoms with Crippen LogP contribution in [-0.4, -0.2) is 49.8 Å². The summed E-state index contributed by atoms with van der Waals surface area (Å²) in [5, 5.41) is 1.33. The number of nitrogens with zero attached hydrogens (tertiary/aromatic N) is 1. The molecule has 1 fully saturated rings. The third-order valence-corrected chi connectivity index (χ3v) is 4.53. The Labute approximate surface area is 150 Å². The molecule has 0 spiro atoms. The molecule has 8 nitrogen and oxygen atoms in total. The molecule has 2 heterocycles. The number of cyclic esters (lactones) is 1. The average molecular weight is 361 g/mol. The summed E-state index contributed by atoms with van der Waals surface area (Å²) >= 11 is 0. The van der Waals surface area contributed by atoms with Gasteiger partial charge in [-0.25, -0.2) is 14.4 Å². The van der Waals surface area contributed by atoms with Crippen molar-refractivity contribution in [2.75, 3.05) is 20.8 Å². The second kappa shape index (κ2) is 6.80. The standard InChI is InChI=1S/C18H19NO7/c1-11-9-10-25-17(22)18(12-7-5-4-6-8-12)13(15(20)23-2)14(16(21)24-3)26-19(11)18/h4-8,11H,9-10H2,1-3H3/t11-,18?/m0/s1. The summed E-state index contributed by atoms with van der Waals surface area (Å²) in [5.41, 5.74) is -1.58. The topological polar surface area (TPSA) is 91.4 Å². The van der Waals surface area contributed by atoms with Gasteiger partial charge in [0.05, 0.1) is 20.8 Å². The lowest BCUT2D eigenvalue weighted by Crippen LogP contribution is -2.53. The van der Waals surface area contributed by atoms with Crippen molar-refractivity contribution in [3.8, 4) is 0 Å². The first kappa shape index (κ1) is 17.9. The van der Waals surface area contributed by atoms with E-state index in [9.17, 15) is 14.4 Å². The van der Waals surface area contributed by atoms with E-state index in [1.807, 2.05) is 6.92 Å². The van der Waals surface area contributed by atoms with E-state index < -0.39 is 23.4 Å². The Morgan fingerprint density at radius 1 is 1.15 bits per heavy atom. The Balaban J connectivity index is 2.36. The lowest BCUT2D eigenvalue weighted by Gasteiger charge is -2.36.